The predicted octanol–water partition coefficient (Wildman–Crippen LogP) is -2.20. The summed E-state index contributed by atoms with van der Waals surface area (Å²) in [6.07, 6.45) is -3.21. The van der Waals surface area contributed by atoms with Crippen LogP contribution in [0.2, 0.25) is 0 Å². The topological polar surface area (TPSA) is 217 Å². The molecule has 1 aliphatic rings. The van der Waals surface area contributed by atoms with Crippen molar-refractivity contribution < 1.29 is 34.4 Å². The first-order valence-electron chi connectivity index (χ1n) is 8.59. The van der Waals surface area contributed by atoms with Crippen LogP contribution in [0.1, 0.15) is 6.23 Å². The molecule has 30 heavy (non-hydrogen) atoms. The van der Waals surface area contributed by atoms with E-state index < -0.39 is 44.3 Å². The van der Waals surface area contributed by atoms with Gasteiger partial charge in [0, 0.05) is 0 Å². The van der Waals surface area contributed by atoms with Crippen LogP contribution in [0.3, 0.4) is 0 Å². The lowest BCUT2D eigenvalue weighted by Crippen LogP contribution is -2.33. The Balaban J connectivity index is 0.000000216. The molecule has 1 aliphatic heterocycles. The van der Waals surface area contributed by atoms with Gasteiger partial charge in [-0.2, -0.15) is 4.98 Å². The van der Waals surface area contributed by atoms with E-state index in [4.69, 9.17) is 25.4 Å². The molecule has 0 unspecified atom stereocenters. The summed E-state index contributed by atoms with van der Waals surface area (Å²) in [5, 5.41) is 28.8. The van der Waals surface area contributed by atoms with Gasteiger partial charge in [0.05, 0.1) is 18.2 Å². The van der Waals surface area contributed by atoms with Gasteiger partial charge in [0.1, 0.15) is 18.3 Å². The molecule has 8 N–H and O–H groups in total. The van der Waals surface area contributed by atoms with E-state index in [0.29, 0.717) is 0 Å². The summed E-state index contributed by atoms with van der Waals surface area (Å²) >= 11 is 0. The van der Waals surface area contributed by atoms with Crippen molar-refractivity contribution in [2.45, 2.75) is 24.5 Å². The molecule has 1 aromatic carbocycles. The highest BCUT2D eigenvalue weighted by molar-refractivity contribution is 7.60. The average Bonchev–Trinajstić information content (AvgIpc) is 3.24. The number of hydrogen-bond donors (Lipinski definition) is 7. The summed E-state index contributed by atoms with van der Waals surface area (Å²) in [5.41, 5.74) is 5.12. The third kappa shape index (κ3) is 4.42. The van der Waals surface area contributed by atoms with E-state index in [1.807, 2.05) is 0 Å². The first-order chi connectivity index (χ1) is 14.1. The molecule has 14 heteroatoms. The van der Waals surface area contributed by atoms with E-state index in [1.165, 1.54) is 23.0 Å². The number of nitrogen functional groups attached to an aromatic ring is 1. The number of aliphatic hydroxyl groups excluding tert-OH is 3. The van der Waals surface area contributed by atoms with Crippen LogP contribution in [0.15, 0.2) is 41.5 Å². The van der Waals surface area contributed by atoms with Gasteiger partial charge in [-0.25, -0.2) is 4.98 Å². The zero-order chi connectivity index (χ0) is 22.1. The zero-order valence-corrected chi connectivity index (χ0v) is 16.2. The number of benzene rings is 1. The summed E-state index contributed by atoms with van der Waals surface area (Å²) in [7, 11) is -4.02. The first-order valence-corrected chi connectivity index (χ1v) is 10.2. The van der Waals surface area contributed by atoms with E-state index in [2.05, 4.69) is 15.0 Å². The summed E-state index contributed by atoms with van der Waals surface area (Å²) in [4.78, 5) is 39.0. The molecule has 0 spiro atoms. The smallest absolute Gasteiger partial charge is 0.356 e. The number of ether oxygens (including phenoxy) is 1. The molecule has 1 fully saturated rings. The molecule has 13 nitrogen and oxygen atoms in total. The molecule has 3 aromatic rings. The quantitative estimate of drug-likeness (QED) is 0.216. The van der Waals surface area contributed by atoms with Crippen molar-refractivity contribution in [1.82, 2.24) is 19.5 Å². The number of imidazole rings is 1. The molecule has 0 saturated carbocycles. The largest absolute Gasteiger partial charge is 0.394 e. The van der Waals surface area contributed by atoms with E-state index in [1.54, 1.807) is 18.2 Å². The van der Waals surface area contributed by atoms with Gasteiger partial charge in [-0.1, -0.05) is 18.2 Å². The number of rotatable bonds is 3. The van der Waals surface area contributed by atoms with Crippen molar-refractivity contribution in [3.63, 3.8) is 0 Å². The molecule has 0 amide bonds. The number of aliphatic hydroxyl groups is 3. The minimum atomic E-state index is -4.02. The van der Waals surface area contributed by atoms with E-state index in [9.17, 15) is 19.6 Å². The maximum absolute atomic E-state index is 11.7. The highest BCUT2D eigenvalue weighted by atomic mass is 31.2. The van der Waals surface area contributed by atoms with Crippen LogP contribution in [0, 0.1) is 0 Å². The second-order valence-electron chi connectivity index (χ2n) is 6.38. The molecule has 4 rings (SSSR count). The molecular weight excluding hydrogens is 421 g/mol. The van der Waals surface area contributed by atoms with Crippen LogP contribution >= 0.6 is 7.60 Å². The normalized spacial score (nSPS) is 23.9. The van der Waals surface area contributed by atoms with Gasteiger partial charge >= 0.3 is 7.60 Å². The van der Waals surface area contributed by atoms with Gasteiger partial charge in [-0.05, 0) is 12.1 Å². The standard InChI is InChI=1S/C10H13N5O5.C6H7O3P/c11-10-13-7-4(8(19)14-10)12-2-15(7)9-6(18)5(17)3(1-16)20-9;7-10(8,9)6-4-2-1-3-5-6/h2-3,5-6,9,16-18H,1H2,(H3,11,13,14,19);1-5H,(H2,7,8,9)/t3-,5-,6-,9-;/m1./s1. The second-order valence-corrected chi connectivity index (χ2v) is 7.99. The molecule has 1 saturated heterocycles. The number of fused-ring (bicyclic) bond motifs is 1. The highest BCUT2D eigenvalue weighted by Crippen LogP contribution is 2.32. The van der Waals surface area contributed by atoms with Crippen molar-refractivity contribution in [3.05, 3.63) is 47.0 Å². The lowest BCUT2D eigenvalue weighted by atomic mass is 10.1. The number of nitrogens with zero attached hydrogens (tertiary/aromatic N) is 3. The van der Waals surface area contributed by atoms with Crippen molar-refractivity contribution in [3.8, 4) is 0 Å². The Bertz CT molecular complexity index is 1110. The zero-order valence-electron chi connectivity index (χ0n) is 15.3. The lowest BCUT2D eigenvalue weighted by Gasteiger charge is -2.16. The van der Waals surface area contributed by atoms with Gasteiger partial charge < -0.3 is 35.6 Å². The fourth-order valence-electron chi connectivity index (χ4n) is 2.86. The number of anilines is 1. The molecule has 0 radical (unpaired) electrons. The van der Waals surface area contributed by atoms with Crippen LogP contribution in [0.5, 0.6) is 0 Å². The third-order valence-corrected chi connectivity index (χ3v) is 5.31. The summed E-state index contributed by atoms with van der Waals surface area (Å²) in [6, 6.07) is 7.70. The molecule has 2 aromatic heterocycles. The molecular formula is C16H20N5O8P. The van der Waals surface area contributed by atoms with Crippen LogP contribution in [-0.4, -0.2) is 69.5 Å². The summed E-state index contributed by atoms with van der Waals surface area (Å²) in [5.74, 6) is -0.101. The SMILES string of the molecule is Nc1nc2c(ncn2[C@@H]2O[C@H](CO)[C@@H](O)[C@H]2O)c(=O)[nH]1.O=P(O)(O)c1ccccc1. The summed E-state index contributed by atoms with van der Waals surface area (Å²) < 4.78 is 17.2. The molecule has 0 aliphatic carbocycles. The van der Waals surface area contributed by atoms with Gasteiger partial charge in [-0.3, -0.25) is 18.9 Å². The minimum Gasteiger partial charge on any atom is -0.394 e. The van der Waals surface area contributed by atoms with Gasteiger partial charge in [0.25, 0.3) is 5.56 Å². The van der Waals surface area contributed by atoms with Gasteiger partial charge in [0.2, 0.25) is 5.95 Å². The number of nitrogens with one attached hydrogen (secondary N) is 1. The van der Waals surface area contributed by atoms with E-state index >= 15 is 0 Å². The van der Waals surface area contributed by atoms with Crippen LogP contribution in [-0.2, 0) is 9.30 Å². The lowest BCUT2D eigenvalue weighted by molar-refractivity contribution is -0.0511. The Morgan fingerprint density at radius 1 is 1.20 bits per heavy atom. The third-order valence-electron chi connectivity index (χ3n) is 4.33. The second kappa shape index (κ2) is 8.62. The minimum absolute atomic E-state index is 0.0388. The van der Waals surface area contributed by atoms with Crippen molar-refractivity contribution >= 4 is 30.0 Å². The van der Waals surface area contributed by atoms with Gasteiger partial charge in [-0.15, -0.1) is 0 Å². The maximum Gasteiger partial charge on any atom is 0.356 e. The predicted molar refractivity (Wildman–Crippen MR) is 104 cm³/mol. The number of aromatic amines is 1. The summed E-state index contributed by atoms with van der Waals surface area (Å²) in [6.45, 7) is -0.447. The fourth-order valence-corrected chi connectivity index (χ4v) is 3.42. The van der Waals surface area contributed by atoms with Crippen LogP contribution in [0.4, 0.5) is 5.95 Å². The molecule has 3 heterocycles. The number of nitrogens with two attached hydrogens (primary N) is 1. The fraction of sp³-hybridized carbons (Fsp3) is 0.312. The Morgan fingerprint density at radius 2 is 1.87 bits per heavy atom. The van der Waals surface area contributed by atoms with Crippen LogP contribution < -0.4 is 16.6 Å². The Morgan fingerprint density at radius 3 is 2.40 bits per heavy atom. The Hall–Kier alpha value is -2.64. The molecule has 0 bridgehead atoms. The average molecular weight is 441 g/mol. The maximum atomic E-state index is 11.7. The number of H-pyrrole nitrogens is 1. The van der Waals surface area contributed by atoms with E-state index in [-0.39, 0.29) is 22.4 Å². The van der Waals surface area contributed by atoms with Crippen LogP contribution in [0.25, 0.3) is 11.2 Å². The highest BCUT2D eigenvalue weighted by Gasteiger charge is 2.44. The Labute approximate surface area is 168 Å². The Kier molecular flexibility index (Phi) is 6.33. The van der Waals surface area contributed by atoms with Crippen molar-refractivity contribution in [1.29, 1.82) is 0 Å². The van der Waals surface area contributed by atoms with Crippen molar-refractivity contribution in [2.75, 3.05) is 12.3 Å². The van der Waals surface area contributed by atoms with Crippen molar-refractivity contribution in [2.24, 2.45) is 0 Å². The first kappa shape index (κ1) is 22.1. The molecule has 4 atom stereocenters. The number of hydrogen-bond acceptors (Lipinski definition) is 9. The van der Waals surface area contributed by atoms with Gasteiger partial charge in [0.15, 0.2) is 17.4 Å². The monoisotopic (exact) mass is 441 g/mol. The van der Waals surface area contributed by atoms with E-state index in [0.717, 1.165) is 0 Å². The molecule has 162 valence electrons. The number of aromatic nitrogens is 4.